The van der Waals surface area contributed by atoms with Crippen LogP contribution in [0.4, 0.5) is 17.5 Å². The minimum Gasteiger partial charge on any atom is -0.507 e. The summed E-state index contributed by atoms with van der Waals surface area (Å²) in [4.78, 5) is 60.2. The van der Waals surface area contributed by atoms with Crippen LogP contribution in [0.2, 0.25) is 0 Å². The van der Waals surface area contributed by atoms with Gasteiger partial charge in [-0.2, -0.15) is 0 Å². The van der Waals surface area contributed by atoms with E-state index in [0.29, 0.717) is 23.2 Å². The Kier molecular flexibility index (Phi) is 13.2. The summed E-state index contributed by atoms with van der Waals surface area (Å²) in [5.41, 5.74) is 4.82. The molecule has 0 unspecified atom stereocenters. The van der Waals surface area contributed by atoms with Gasteiger partial charge in [-0.3, -0.25) is 14.4 Å². The molecular formula is C54H67N11O5. The smallest absolute Gasteiger partial charge is 0.246 e. The van der Waals surface area contributed by atoms with Crippen LogP contribution in [0.3, 0.4) is 0 Å². The van der Waals surface area contributed by atoms with Gasteiger partial charge in [0.05, 0.1) is 23.5 Å². The lowest BCUT2D eigenvalue weighted by Crippen LogP contribution is -2.59. The topological polar surface area (TPSA) is 192 Å². The van der Waals surface area contributed by atoms with Crippen LogP contribution in [-0.4, -0.2) is 134 Å². The minimum atomic E-state index is -0.840. The number of anilines is 3. The van der Waals surface area contributed by atoms with Crippen LogP contribution < -0.4 is 25.8 Å². The van der Waals surface area contributed by atoms with Gasteiger partial charge in [-0.1, -0.05) is 51.0 Å². The fraction of sp³-hybridized carbons (Fsp3) is 0.537. The van der Waals surface area contributed by atoms with Crippen molar-refractivity contribution in [1.82, 2.24) is 40.6 Å². The lowest BCUT2D eigenvalue weighted by Gasteiger charge is -2.55. The third-order valence-corrected chi connectivity index (χ3v) is 16.3. The molecule has 10 rings (SSSR count). The number of carbonyl (C=O) groups excluding carboxylic acids is 3. The van der Waals surface area contributed by atoms with Crippen molar-refractivity contribution in [2.45, 2.75) is 121 Å². The van der Waals surface area contributed by atoms with E-state index >= 15 is 0 Å². The highest BCUT2D eigenvalue weighted by atomic mass is 16.3. The number of benzene rings is 2. The first-order chi connectivity index (χ1) is 33.7. The predicted octanol–water partition coefficient (Wildman–Crippen LogP) is 5.07. The Labute approximate surface area is 411 Å². The van der Waals surface area contributed by atoms with Crippen molar-refractivity contribution in [3.05, 3.63) is 83.7 Å². The van der Waals surface area contributed by atoms with Crippen molar-refractivity contribution in [3.8, 4) is 29.4 Å². The lowest BCUT2D eigenvalue weighted by atomic mass is 9.56. The first-order valence-electron chi connectivity index (χ1n) is 25.3. The second kappa shape index (κ2) is 19.5. The van der Waals surface area contributed by atoms with Crippen LogP contribution in [-0.2, 0) is 20.9 Å². The molecule has 4 aromatic rings. The maximum Gasteiger partial charge on any atom is 0.246 e. The highest BCUT2D eigenvalue weighted by molar-refractivity contribution is 5.93. The zero-order valence-corrected chi connectivity index (χ0v) is 40.7. The van der Waals surface area contributed by atoms with Crippen LogP contribution >= 0.6 is 0 Å². The molecule has 0 bridgehead atoms. The molecule has 2 aliphatic carbocycles. The van der Waals surface area contributed by atoms with Crippen LogP contribution in [0, 0.1) is 29.1 Å². The number of nitrogens with zero attached hydrogens (tertiary/aromatic N) is 8. The Morgan fingerprint density at radius 1 is 0.914 bits per heavy atom. The van der Waals surface area contributed by atoms with E-state index in [2.05, 4.69) is 46.8 Å². The third kappa shape index (κ3) is 9.75. The molecule has 6 heterocycles. The van der Waals surface area contributed by atoms with Crippen molar-refractivity contribution >= 4 is 35.2 Å². The van der Waals surface area contributed by atoms with Gasteiger partial charge in [0, 0.05) is 81.2 Å². The van der Waals surface area contributed by atoms with E-state index in [0.717, 1.165) is 106 Å². The number of piperazine rings is 1. The van der Waals surface area contributed by atoms with E-state index in [1.807, 2.05) is 75.6 Å². The number of β-amino-alcohol motifs (C(OH)–C–C–N with tert-alkyl or cyclic N) is 1. The summed E-state index contributed by atoms with van der Waals surface area (Å²) < 4.78 is 0. The number of nitrogens with one attached hydrogen (secondary N) is 3. The monoisotopic (exact) mass is 950 g/mol. The minimum absolute atomic E-state index is 0.0417. The fourth-order valence-electron chi connectivity index (χ4n) is 12.1. The normalized spacial score (nSPS) is 26.3. The molecular weight excluding hydrogens is 883 g/mol. The number of terminal acetylenes is 1. The van der Waals surface area contributed by atoms with Crippen molar-refractivity contribution < 1.29 is 24.6 Å². The third-order valence-electron chi connectivity index (χ3n) is 16.3. The molecule has 368 valence electrons. The SMILES string of the molecule is C#Cc1ccc(CNC(=O)[C@@H]2C[C@@H](O)CN2C(=O)[C@@H](NC(=O)[C@H]2CCC3(CC2)C[C@H](N2CCC(c4cnc(N5CCN6c7cc(-c8ccccc8O)nnc7NC[C@H]6C5)nc4)CC2)C3)C(C)(C)C)cc1. The molecule has 2 aromatic heterocycles. The average molecular weight is 950 g/mol. The molecule has 2 saturated carbocycles. The standard InChI is InChI=1S/C54H67N11O5/c1-5-34-10-12-35(13-11-34)28-56-50(69)45-24-41(66)33-65(45)51(70)47(53(2,3)4)59-49(68)37-14-18-54(19-15-37)26-39(27-54)62-20-16-36(17-21-62)38-29-57-52(58-30-38)63-22-23-64-40(32-63)31-55-48-44(64)25-43(60-61-48)42-8-6-7-9-46(42)67/h1,6-13,25,29-30,36-37,39-41,45,47,66-67H,14-24,26-28,31-33H2,2-4H3,(H,55,61)(H,56,69)(H,59,68)/t37-,39-,40-,41+,45-,47+,54?/m0/s1. The van der Waals surface area contributed by atoms with Gasteiger partial charge in [0.2, 0.25) is 23.7 Å². The van der Waals surface area contributed by atoms with Gasteiger partial charge < -0.3 is 45.8 Å². The Hall–Kier alpha value is -6.31. The molecule has 3 saturated heterocycles. The van der Waals surface area contributed by atoms with E-state index in [4.69, 9.17) is 16.4 Å². The molecule has 6 aliphatic rings. The van der Waals surface area contributed by atoms with Crippen molar-refractivity contribution in [1.29, 1.82) is 0 Å². The summed E-state index contributed by atoms with van der Waals surface area (Å²) in [6.45, 7) is 11.3. The number of hydrogen-bond acceptors (Lipinski definition) is 13. The largest absolute Gasteiger partial charge is 0.507 e. The molecule has 70 heavy (non-hydrogen) atoms. The number of aromatic hydroxyl groups is 1. The number of fused-ring (bicyclic) bond motifs is 3. The second-order valence-electron chi connectivity index (χ2n) is 21.9. The van der Waals surface area contributed by atoms with E-state index in [1.165, 1.54) is 23.3 Å². The fourth-order valence-corrected chi connectivity index (χ4v) is 12.1. The summed E-state index contributed by atoms with van der Waals surface area (Å²) in [5.74, 6) is 3.81. The summed E-state index contributed by atoms with van der Waals surface area (Å²) in [7, 11) is 0. The van der Waals surface area contributed by atoms with Crippen LogP contribution in [0.25, 0.3) is 11.3 Å². The molecule has 16 nitrogen and oxygen atoms in total. The Balaban J connectivity index is 0.667. The lowest BCUT2D eigenvalue weighted by molar-refractivity contribution is -0.145. The van der Waals surface area contributed by atoms with E-state index < -0.39 is 23.6 Å². The summed E-state index contributed by atoms with van der Waals surface area (Å²) in [5, 5.41) is 39.5. The van der Waals surface area contributed by atoms with Gasteiger partial charge in [0.25, 0.3) is 0 Å². The van der Waals surface area contributed by atoms with Gasteiger partial charge in [-0.25, -0.2) is 9.97 Å². The summed E-state index contributed by atoms with van der Waals surface area (Å²) in [6.07, 6.45) is 17.0. The first-order valence-corrected chi connectivity index (χ1v) is 25.3. The number of aromatic nitrogens is 4. The van der Waals surface area contributed by atoms with E-state index in [-0.39, 0.29) is 60.4 Å². The number of aliphatic hydroxyl groups excluding tert-OH is 1. The number of aliphatic hydroxyl groups is 1. The molecule has 4 atom stereocenters. The number of hydrogen-bond donors (Lipinski definition) is 5. The first kappa shape index (κ1) is 47.4. The molecule has 1 spiro atoms. The second-order valence-corrected chi connectivity index (χ2v) is 21.9. The van der Waals surface area contributed by atoms with Crippen molar-refractivity contribution in [2.24, 2.45) is 16.7 Å². The van der Waals surface area contributed by atoms with E-state index in [9.17, 15) is 24.6 Å². The Morgan fingerprint density at radius 2 is 1.64 bits per heavy atom. The number of phenols is 1. The van der Waals surface area contributed by atoms with Crippen LogP contribution in [0.1, 0.15) is 101 Å². The van der Waals surface area contributed by atoms with Crippen molar-refractivity contribution in [3.63, 3.8) is 0 Å². The number of amides is 3. The molecule has 0 radical (unpaired) electrons. The highest BCUT2D eigenvalue weighted by Crippen LogP contribution is 2.55. The molecule has 5 N–H and O–H groups in total. The molecule has 4 aliphatic heterocycles. The number of rotatable bonds is 10. The Morgan fingerprint density at radius 3 is 2.34 bits per heavy atom. The van der Waals surface area contributed by atoms with Crippen LogP contribution in [0.5, 0.6) is 5.75 Å². The summed E-state index contributed by atoms with van der Waals surface area (Å²) in [6, 6.07) is 15.7. The van der Waals surface area contributed by atoms with Gasteiger partial charge in [0.1, 0.15) is 17.8 Å². The molecule has 5 fully saturated rings. The van der Waals surface area contributed by atoms with Gasteiger partial charge in [0.15, 0.2) is 5.82 Å². The van der Waals surface area contributed by atoms with Gasteiger partial charge >= 0.3 is 0 Å². The molecule has 16 heteroatoms. The molecule has 2 aromatic carbocycles. The van der Waals surface area contributed by atoms with Gasteiger partial charge in [-0.15, -0.1) is 16.6 Å². The predicted molar refractivity (Wildman–Crippen MR) is 268 cm³/mol. The maximum atomic E-state index is 14.2. The Bertz CT molecular complexity index is 2590. The number of carbonyl (C=O) groups is 3. The van der Waals surface area contributed by atoms with Gasteiger partial charge in [-0.05, 0) is 123 Å². The number of piperidine rings is 1. The number of phenolic OH excluding ortho intramolecular Hbond substituents is 1. The highest BCUT2D eigenvalue weighted by Gasteiger charge is 2.50. The molecule has 3 amide bonds. The zero-order valence-electron chi connectivity index (χ0n) is 40.7. The number of para-hydroxylation sites is 1. The quantitative estimate of drug-likeness (QED) is 0.133. The van der Waals surface area contributed by atoms with E-state index in [1.54, 1.807) is 12.1 Å². The zero-order chi connectivity index (χ0) is 48.7. The van der Waals surface area contributed by atoms with Crippen LogP contribution in [0.15, 0.2) is 67.0 Å². The number of likely N-dealkylation sites (tertiary alicyclic amines) is 2. The summed E-state index contributed by atoms with van der Waals surface area (Å²) >= 11 is 0. The average Bonchev–Trinajstić information content (AvgIpc) is 3.77. The van der Waals surface area contributed by atoms with Crippen molar-refractivity contribution in [2.75, 3.05) is 60.9 Å². The maximum absolute atomic E-state index is 14.2.